The summed E-state index contributed by atoms with van der Waals surface area (Å²) in [5.74, 6) is 0.0114. The van der Waals surface area contributed by atoms with Crippen molar-refractivity contribution in [3.63, 3.8) is 0 Å². The molecule has 0 spiro atoms. The van der Waals surface area contributed by atoms with Crippen LogP contribution in [0.15, 0.2) is 42.1 Å². The van der Waals surface area contributed by atoms with E-state index in [0.717, 1.165) is 35.0 Å². The van der Waals surface area contributed by atoms with Crippen LogP contribution in [0, 0.1) is 0 Å². The van der Waals surface area contributed by atoms with Gasteiger partial charge in [-0.2, -0.15) is 0 Å². The van der Waals surface area contributed by atoms with Crippen LogP contribution >= 0.6 is 0 Å². The lowest BCUT2D eigenvalue weighted by Crippen LogP contribution is -2.51. The molecule has 0 aromatic carbocycles. The molecule has 2 unspecified atom stereocenters. The summed E-state index contributed by atoms with van der Waals surface area (Å²) in [6.07, 6.45) is 10.3. The molecule has 186 valence electrons. The largest absolute Gasteiger partial charge is 0.393 e. The molecule has 1 saturated heterocycles. The maximum atomic E-state index is 14.2. The fourth-order valence-electron chi connectivity index (χ4n) is 4.94. The standard InChI is InChI=1S/C27H33FN4O3/c1-27(28)9-5-17(6-10-27)13-22(26(35)32-11-7-20(33)8-12-32)30-25(34)23-15-19-14-21(18-3-4-18)29-16-24(19)31(23)2/h5-6,9,14-16,18,20,22,33H,3-4,7-8,10-13H2,1-2H3,(H,30,34). The number of hydrogen-bond acceptors (Lipinski definition) is 4. The Kier molecular flexibility index (Phi) is 6.25. The number of piperidine rings is 1. The highest BCUT2D eigenvalue weighted by Gasteiger charge is 2.32. The van der Waals surface area contributed by atoms with Crippen molar-refractivity contribution in [1.29, 1.82) is 0 Å². The zero-order valence-corrected chi connectivity index (χ0v) is 20.3. The minimum atomic E-state index is -1.40. The summed E-state index contributed by atoms with van der Waals surface area (Å²) < 4.78 is 16.0. The smallest absolute Gasteiger partial charge is 0.268 e. The Morgan fingerprint density at radius 2 is 2.00 bits per heavy atom. The van der Waals surface area contributed by atoms with Crippen molar-refractivity contribution in [3.8, 4) is 0 Å². The number of amides is 2. The maximum absolute atomic E-state index is 14.2. The van der Waals surface area contributed by atoms with Gasteiger partial charge in [0.15, 0.2) is 0 Å². The van der Waals surface area contributed by atoms with Gasteiger partial charge in [-0.25, -0.2) is 4.39 Å². The van der Waals surface area contributed by atoms with E-state index in [2.05, 4.69) is 16.4 Å². The SMILES string of the molecule is Cn1c(C(=O)NC(CC2=CCC(C)(F)C=C2)C(=O)N2CCC(O)CC2)cc2cc(C3CC3)ncc21. The number of fused-ring (bicyclic) bond motifs is 1. The normalized spacial score (nSPS) is 23.9. The Morgan fingerprint density at radius 1 is 1.26 bits per heavy atom. The second-order valence-corrected chi connectivity index (χ2v) is 10.4. The molecule has 2 aromatic rings. The molecule has 1 saturated carbocycles. The number of carbonyl (C=O) groups excluding carboxylic acids is 2. The van der Waals surface area contributed by atoms with Crippen LogP contribution in [0.2, 0.25) is 0 Å². The number of rotatable bonds is 6. The van der Waals surface area contributed by atoms with Gasteiger partial charge in [0.05, 0.1) is 17.8 Å². The van der Waals surface area contributed by atoms with Crippen molar-refractivity contribution >= 4 is 22.7 Å². The molecule has 3 heterocycles. The summed E-state index contributed by atoms with van der Waals surface area (Å²) in [6.45, 7) is 2.42. The number of pyridine rings is 1. The first-order valence-electron chi connectivity index (χ1n) is 12.5. The third kappa shape index (κ3) is 5.17. The predicted octanol–water partition coefficient (Wildman–Crippen LogP) is 3.54. The average Bonchev–Trinajstić information content (AvgIpc) is 3.63. The summed E-state index contributed by atoms with van der Waals surface area (Å²) >= 11 is 0. The highest BCUT2D eigenvalue weighted by atomic mass is 19.1. The number of aryl methyl sites for hydroxylation is 1. The fourth-order valence-corrected chi connectivity index (χ4v) is 4.94. The van der Waals surface area contributed by atoms with E-state index in [1.165, 1.54) is 13.0 Å². The topological polar surface area (TPSA) is 87.5 Å². The van der Waals surface area contributed by atoms with Crippen LogP contribution in [0.25, 0.3) is 10.9 Å². The van der Waals surface area contributed by atoms with Crippen LogP contribution in [0.5, 0.6) is 0 Å². The van der Waals surface area contributed by atoms with E-state index in [9.17, 15) is 19.1 Å². The molecule has 0 radical (unpaired) electrons. The van der Waals surface area contributed by atoms with Gasteiger partial charge >= 0.3 is 0 Å². The number of likely N-dealkylation sites (tertiary alicyclic amines) is 1. The molecule has 2 atom stereocenters. The van der Waals surface area contributed by atoms with Gasteiger partial charge in [0, 0.05) is 50.0 Å². The Bertz CT molecular complexity index is 1200. The second kappa shape index (κ2) is 9.22. The molecular formula is C27H33FN4O3. The molecule has 0 bridgehead atoms. The van der Waals surface area contributed by atoms with Crippen molar-refractivity contribution in [2.75, 3.05) is 13.1 Å². The number of alkyl halides is 1. The molecule has 1 aliphatic heterocycles. The number of allylic oxidation sites excluding steroid dienone is 3. The van der Waals surface area contributed by atoms with Crippen LogP contribution in [0.4, 0.5) is 4.39 Å². The highest BCUT2D eigenvalue weighted by Crippen LogP contribution is 2.39. The van der Waals surface area contributed by atoms with Gasteiger partial charge in [0.25, 0.3) is 5.91 Å². The van der Waals surface area contributed by atoms with E-state index in [1.807, 2.05) is 19.3 Å². The van der Waals surface area contributed by atoms with Crippen molar-refractivity contribution in [2.24, 2.45) is 7.05 Å². The van der Waals surface area contributed by atoms with Crippen molar-refractivity contribution in [1.82, 2.24) is 19.8 Å². The van der Waals surface area contributed by atoms with Crippen molar-refractivity contribution in [3.05, 3.63) is 53.5 Å². The van der Waals surface area contributed by atoms with E-state index in [0.29, 0.717) is 37.5 Å². The second-order valence-electron chi connectivity index (χ2n) is 10.4. The molecule has 35 heavy (non-hydrogen) atoms. The fraction of sp³-hybridized carbons (Fsp3) is 0.519. The summed E-state index contributed by atoms with van der Waals surface area (Å²) in [5, 5.41) is 13.8. The number of aromatic nitrogens is 2. The van der Waals surface area contributed by atoms with Crippen molar-refractivity contribution in [2.45, 2.75) is 69.2 Å². The quantitative estimate of drug-likeness (QED) is 0.662. The highest BCUT2D eigenvalue weighted by molar-refractivity contribution is 6.00. The minimum absolute atomic E-state index is 0.176. The molecular weight excluding hydrogens is 447 g/mol. The molecule has 5 rings (SSSR count). The number of aliphatic hydroxyl groups is 1. The zero-order chi connectivity index (χ0) is 24.7. The number of nitrogens with zero attached hydrogens (tertiary/aromatic N) is 3. The molecule has 2 N–H and O–H groups in total. The lowest BCUT2D eigenvalue weighted by Gasteiger charge is -2.33. The first kappa shape index (κ1) is 23.7. The predicted molar refractivity (Wildman–Crippen MR) is 132 cm³/mol. The van der Waals surface area contributed by atoms with E-state index in [-0.39, 0.29) is 24.7 Å². The first-order chi connectivity index (χ1) is 16.7. The molecule has 2 aromatic heterocycles. The zero-order valence-electron chi connectivity index (χ0n) is 20.3. The van der Waals surface area contributed by atoms with Gasteiger partial charge in [-0.1, -0.05) is 12.2 Å². The molecule has 2 aliphatic carbocycles. The third-order valence-corrected chi connectivity index (χ3v) is 7.41. The van der Waals surface area contributed by atoms with Crippen LogP contribution < -0.4 is 5.32 Å². The van der Waals surface area contributed by atoms with Gasteiger partial charge in [-0.15, -0.1) is 0 Å². The number of carbonyl (C=O) groups is 2. The summed E-state index contributed by atoms with van der Waals surface area (Å²) in [5.41, 5.74) is 1.82. The monoisotopic (exact) mass is 480 g/mol. The van der Waals surface area contributed by atoms with Gasteiger partial charge in [0.1, 0.15) is 17.4 Å². The van der Waals surface area contributed by atoms with E-state index in [4.69, 9.17) is 0 Å². The minimum Gasteiger partial charge on any atom is -0.393 e. The van der Waals surface area contributed by atoms with Crippen LogP contribution in [0.3, 0.4) is 0 Å². The van der Waals surface area contributed by atoms with Gasteiger partial charge in [-0.05, 0) is 56.4 Å². The number of aliphatic hydroxyl groups excluding tert-OH is 1. The molecule has 7 nitrogen and oxygen atoms in total. The average molecular weight is 481 g/mol. The van der Waals surface area contributed by atoms with Gasteiger partial charge in [-0.3, -0.25) is 14.6 Å². The van der Waals surface area contributed by atoms with Crippen molar-refractivity contribution < 1.29 is 19.1 Å². The summed E-state index contributed by atoms with van der Waals surface area (Å²) in [4.78, 5) is 33.1. The Morgan fingerprint density at radius 3 is 2.66 bits per heavy atom. The first-order valence-corrected chi connectivity index (χ1v) is 12.5. The van der Waals surface area contributed by atoms with Crippen LogP contribution in [-0.2, 0) is 11.8 Å². The van der Waals surface area contributed by atoms with E-state index < -0.39 is 17.8 Å². The molecule has 2 fully saturated rings. The van der Waals surface area contributed by atoms with E-state index >= 15 is 0 Å². The number of halogens is 1. The lowest BCUT2D eigenvalue weighted by molar-refractivity contribution is -0.135. The van der Waals surface area contributed by atoms with Gasteiger partial charge < -0.3 is 19.9 Å². The lowest BCUT2D eigenvalue weighted by atomic mass is 9.92. The Labute approximate surface area is 204 Å². The Balaban J connectivity index is 1.37. The summed E-state index contributed by atoms with van der Waals surface area (Å²) in [6, 6.07) is 3.12. The van der Waals surface area contributed by atoms with E-state index in [1.54, 1.807) is 21.6 Å². The van der Waals surface area contributed by atoms with Crippen LogP contribution in [0.1, 0.15) is 67.5 Å². The molecule has 8 heteroatoms. The van der Waals surface area contributed by atoms with Crippen LogP contribution in [-0.4, -0.2) is 62.3 Å². The molecule has 3 aliphatic rings. The third-order valence-electron chi connectivity index (χ3n) is 7.41. The number of nitrogens with one attached hydrogen (secondary N) is 1. The van der Waals surface area contributed by atoms with Gasteiger partial charge in [0.2, 0.25) is 5.91 Å². The maximum Gasteiger partial charge on any atom is 0.268 e. The number of hydrogen-bond donors (Lipinski definition) is 2. The molecule has 2 amide bonds. The summed E-state index contributed by atoms with van der Waals surface area (Å²) in [7, 11) is 1.83. The Hall–Kier alpha value is -3.00.